The summed E-state index contributed by atoms with van der Waals surface area (Å²) in [7, 11) is 0. The molecule has 6 nitrogen and oxygen atoms in total. The average Bonchev–Trinajstić information content (AvgIpc) is 2.67. The third-order valence-electron chi connectivity index (χ3n) is 3.90. The fourth-order valence-electron chi connectivity index (χ4n) is 2.41. The molecule has 6 heteroatoms. The quantitative estimate of drug-likeness (QED) is 0.738. The highest BCUT2D eigenvalue weighted by Crippen LogP contribution is 2.23. The molecule has 0 saturated carbocycles. The van der Waals surface area contributed by atoms with E-state index >= 15 is 0 Å². The van der Waals surface area contributed by atoms with Crippen LogP contribution >= 0.6 is 0 Å². The van der Waals surface area contributed by atoms with Crippen LogP contribution in [0.2, 0.25) is 0 Å². The van der Waals surface area contributed by atoms with Crippen molar-refractivity contribution in [2.24, 2.45) is 5.41 Å². The van der Waals surface area contributed by atoms with Gasteiger partial charge in [0.25, 0.3) is 0 Å². The Kier molecular flexibility index (Phi) is 5.45. The predicted octanol–water partition coefficient (Wildman–Crippen LogP) is 4.19. The third-order valence-corrected chi connectivity index (χ3v) is 3.90. The van der Waals surface area contributed by atoms with Gasteiger partial charge >= 0.3 is 0 Å². The lowest BCUT2D eigenvalue weighted by Crippen LogP contribution is -2.28. The second kappa shape index (κ2) is 7.95. The fraction of sp³-hybridized carbons (Fsp3) is 0.238. The number of rotatable bonds is 5. The molecule has 0 unspecified atom stereocenters. The standard InChI is InChI=1S/C21H23N5O/c1-21(2,3)20(27)25-17-10-8-9-16(24-17)15-26(18-11-4-6-13-22-18)19-12-5-7-14-23-19/h4-14H,15H2,1-3H3,(H,24,25,27). The van der Waals surface area contributed by atoms with Crippen molar-refractivity contribution in [1.82, 2.24) is 15.0 Å². The van der Waals surface area contributed by atoms with Gasteiger partial charge in [-0.15, -0.1) is 0 Å². The molecule has 0 aliphatic rings. The molecule has 27 heavy (non-hydrogen) atoms. The van der Waals surface area contributed by atoms with Crippen LogP contribution in [-0.2, 0) is 11.3 Å². The highest BCUT2D eigenvalue weighted by atomic mass is 16.2. The van der Waals surface area contributed by atoms with Gasteiger partial charge in [0.2, 0.25) is 5.91 Å². The maximum Gasteiger partial charge on any atom is 0.230 e. The molecule has 0 saturated heterocycles. The molecule has 0 bridgehead atoms. The zero-order valence-electron chi connectivity index (χ0n) is 15.8. The summed E-state index contributed by atoms with van der Waals surface area (Å²) in [6.45, 7) is 6.09. The number of anilines is 3. The monoisotopic (exact) mass is 361 g/mol. The van der Waals surface area contributed by atoms with E-state index in [0.717, 1.165) is 17.3 Å². The van der Waals surface area contributed by atoms with Gasteiger partial charge in [-0.25, -0.2) is 15.0 Å². The lowest BCUT2D eigenvalue weighted by Gasteiger charge is -2.23. The Hall–Kier alpha value is -3.28. The van der Waals surface area contributed by atoms with Crippen molar-refractivity contribution in [3.05, 3.63) is 72.7 Å². The van der Waals surface area contributed by atoms with Crippen LogP contribution in [0.3, 0.4) is 0 Å². The van der Waals surface area contributed by atoms with E-state index in [-0.39, 0.29) is 5.91 Å². The van der Waals surface area contributed by atoms with E-state index in [1.807, 2.05) is 74.2 Å². The van der Waals surface area contributed by atoms with Gasteiger partial charge in [0.15, 0.2) is 0 Å². The van der Waals surface area contributed by atoms with E-state index in [4.69, 9.17) is 0 Å². The molecular weight excluding hydrogens is 338 g/mol. The minimum Gasteiger partial charge on any atom is -0.310 e. The third kappa shape index (κ3) is 4.88. The van der Waals surface area contributed by atoms with Crippen molar-refractivity contribution in [3.8, 4) is 0 Å². The van der Waals surface area contributed by atoms with E-state index in [2.05, 4.69) is 20.3 Å². The summed E-state index contributed by atoms with van der Waals surface area (Å²) in [6.07, 6.45) is 3.50. The Morgan fingerprint density at radius 3 is 2.07 bits per heavy atom. The smallest absolute Gasteiger partial charge is 0.230 e. The van der Waals surface area contributed by atoms with Crippen molar-refractivity contribution in [2.45, 2.75) is 27.3 Å². The molecular formula is C21H23N5O. The molecule has 0 spiro atoms. The van der Waals surface area contributed by atoms with Crippen LogP contribution < -0.4 is 10.2 Å². The maximum absolute atomic E-state index is 12.2. The summed E-state index contributed by atoms with van der Waals surface area (Å²) in [5.74, 6) is 2.03. The lowest BCUT2D eigenvalue weighted by molar-refractivity contribution is -0.123. The number of aromatic nitrogens is 3. The maximum atomic E-state index is 12.2. The molecule has 3 aromatic heterocycles. The molecule has 138 valence electrons. The van der Waals surface area contributed by atoms with Gasteiger partial charge in [-0.05, 0) is 36.4 Å². The van der Waals surface area contributed by atoms with Crippen molar-refractivity contribution in [1.29, 1.82) is 0 Å². The van der Waals surface area contributed by atoms with Crippen LogP contribution in [0.4, 0.5) is 17.5 Å². The molecule has 3 aromatic rings. The number of carbonyl (C=O) groups excluding carboxylic acids is 1. The Morgan fingerprint density at radius 2 is 1.56 bits per heavy atom. The van der Waals surface area contributed by atoms with Crippen LogP contribution in [0.15, 0.2) is 67.0 Å². The number of carbonyl (C=O) groups is 1. The molecule has 0 radical (unpaired) electrons. The summed E-state index contributed by atoms with van der Waals surface area (Å²) in [6, 6.07) is 17.1. The molecule has 0 fully saturated rings. The highest BCUT2D eigenvalue weighted by Gasteiger charge is 2.21. The average molecular weight is 361 g/mol. The van der Waals surface area contributed by atoms with E-state index < -0.39 is 5.41 Å². The number of nitrogens with zero attached hydrogens (tertiary/aromatic N) is 4. The predicted molar refractivity (Wildman–Crippen MR) is 107 cm³/mol. The van der Waals surface area contributed by atoms with Gasteiger partial charge in [0.1, 0.15) is 17.5 Å². The summed E-state index contributed by atoms with van der Waals surface area (Å²) in [5, 5.41) is 2.88. The van der Waals surface area contributed by atoms with Gasteiger partial charge < -0.3 is 10.2 Å². The van der Waals surface area contributed by atoms with Crippen molar-refractivity contribution < 1.29 is 4.79 Å². The second-order valence-corrected chi connectivity index (χ2v) is 7.18. The largest absolute Gasteiger partial charge is 0.310 e. The molecule has 0 atom stereocenters. The van der Waals surface area contributed by atoms with Crippen LogP contribution in [0, 0.1) is 5.41 Å². The Bertz CT molecular complexity index is 852. The van der Waals surface area contributed by atoms with Gasteiger partial charge in [0.05, 0.1) is 12.2 Å². The number of hydrogen-bond acceptors (Lipinski definition) is 5. The topological polar surface area (TPSA) is 71.0 Å². The Balaban J connectivity index is 1.87. The minimum absolute atomic E-state index is 0.0709. The summed E-state index contributed by atoms with van der Waals surface area (Å²) in [5.41, 5.74) is 0.323. The molecule has 0 aliphatic carbocycles. The Morgan fingerprint density at radius 1 is 0.926 bits per heavy atom. The summed E-state index contributed by atoms with van der Waals surface area (Å²) >= 11 is 0. The minimum atomic E-state index is -0.481. The zero-order chi connectivity index (χ0) is 19.3. The van der Waals surface area contributed by atoms with Gasteiger partial charge in [0, 0.05) is 17.8 Å². The molecule has 3 rings (SSSR count). The van der Waals surface area contributed by atoms with E-state index in [1.54, 1.807) is 18.5 Å². The number of pyridine rings is 3. The summed E-state index contributed by atoms with van der Waals surface area (Å²) in [4.78, 5) is 27.7. The normalized spacial score (nSPS) is 11.1. The first-order valence-corrected chi connectivity index (χ1v) is 8.80. The molecule has 1 N–H and O–H groups in total. The van der Waals surface area contributed by atoms with Gasteiger partial charge in [-0.2, -0.15) is 0 Å². The molecule has 1 amide bonds. The number of nitrogens with one attached hydrogen (secondary N) is 1. The second-order valence-electron chi connectivity index (χ2n) is 7.18. The van der Waals surface area contributed by atoms with Crippen LogP contribution in [0.5, 0.6) is 0 Å². The van der Waals surface area contributed by atoms with E-state index in [0.29, 0.717) is 12.4 Å². The SMILES string of the molecule is CC(C)(C)C(=O)Nc1cccc(CN(c2ccccn2)c2ccccn2)n1. The number of hydrogen-bond donors (Lipinski definition) is 1. The first-order valence-electron chi connectivity index (χ1n) is 8.80. The van der Waals surface area contributed by atoms with Crippen LogP contribution in [0.25, 0.3) is 0 Å². The number of amides is 1. The highest BCUT2D eigenvalue weighted by molar-refractivity contribution is 5.93. The van der Waals surface area contributed by atoms with E-state index in [1.165, 1.54) is 0 Å². The Labute approximate surface area is 159 Å². The van der Waals surface area contributed by atoms with Gasteiger partial charge in [-0.3, -0.25) is 4.79 Å². The zero-order valence-corrected chi connectivity index (χ0v) is 15.8. The summed E-state index contributed by atoms with van der Waals surface area (Å²) < 4.78 is 0. The molecule has 0 aromatic carbocycles. The first-order chi connectivity index (χ1) is 12.9. The van der Waals surface area contributed by atoms with Crippen molar-refractivity contribution in [3.63, 3.8) is 0 Å². The van der Waals surface area contributed by atoms with E-state index in [9.17, 15) is 4.79 Å². The van der Waals surface area contributed by atoms with Crippen LogP contribution in [-0.4, -0.2) is 20.9 Å². The fourth-order valence-corrected chi connectivity index (χ4v) is 2.41. The molecule has 0 aliphatic heterocycles. The lowest BCUT2D eigenvalue weighted by atomic mass is 9.96. The van der Waals surface area contributed by atoms with Gasteiger partial charge in [-0.1, -0.05) is 39.0 Å². The van der Waals surface area contributed by atoms with Crippen molar-refractivity contribution >= 4 is 23.4 Å². The molecule has 3 heterocycles. The van der Waals surface area contributed by atoms with Crippen molar-refractivity contribution in [2.75, 3.05) is 10.2 Å². The first kappa shape index (κ1) is 18.5. The van der Waals surface area contributed by atoms with Crippen LogP contribution in [0.1, 0.15) is 26.5 Å².